The standard InChI is InChI=1S/3C18H30O3S.C12H21O3.Ti/c3*1-2-3-4-5-6-7-8-9-10-11-14-17-15-12-13-16-18(17)22(19,20)21;1-4-7-14-10-12(6-3,9-13)11-15-8-5-2;/h3*12-13,15-16H,2-11,14H2,1H3,(H,19,20,21);4-5H,1-2,6-11H2,3H3;/q;;;-1;+4/p-3. The topological polar surface area (TPSA) is 213 Å². The van der Waals surface area contributed by atoms with Crippen LogP contribution >= 0.6 is 0 Å². The van der Waals surface area contributed by atoms with Gasteiger partial charge in [0.05, 0.1) is 41.1 Å². The van der Waals surface area contributed by atoms with Crippen molar-refractivity contribution in [1.29, 1.82) is 0 Å². The summed E-state index contributed by atoms with van der Waals surface area (Å²) in [5.74, 6) is 0. The van der Waals surface area contributed by atoms with Gasteiger partial charge in [0.15, 0.2) is 0 Å². The molecule has 0 bridgehead atoms. The molecular formula is C66H108O12S3Ti. The zero-order valence-electron chi connectivity index (χ0n) is 51.2. The fourth-order valence-corrected chi connectivity index (χ4v) is 11.6. The van der Waals surface area contributed by atoms with Crippen LogP contribution in [0.15, 0.2) is 113 Å². The minimum Gasteiger partial charge on any atom is -0.854 e. The number of ether oxygens (including phenoxy) is 2. The number of benzene rings is 3. The van der Waals surface area contributed by atoms with Gasteiger partial charge in [-0.2, -0.15) is 0 Å². The van der Waals surface area contributed by atoms with E-state index in [-0.39, 0.29) is 43.0 Å². The first-order valence-corrected chi connectivity index (χ1v) is 35.2. The summed E-state index contributed by atoms with van der Waals surface area (Å²) in [6, 6.07) is 19.7. The molecule has 0 aliphatic heterocycles. The van der Waals surface area contributed by atoms with Gasteiger partial charge in [-0.3, -0.25) is 0 Å². The summed E-state index contributed by atoms with van der Waals surface area (Å²) in [5.41, 5.74) is 1.58. The molecule has 0 fully saturated rings. The number of unbranched alkanes of at least 4 members (excludes halogenated alkanes) is 27. The van der Waals surface area contributed by atoms with E-state index in [2.05, 4.69) is 33.9 Å². The maximum Gasteiger partial charge on any atom is 4.00 e. The Hall–Kier alpha value is -2.54. The summed E-state index contributed by atoms with van der Waals surface area (Å²) in [5, 5.41) is 11.2. The van der Waals surface area contributed by atoms with E-state index in [1.54, 1.807) is 66.7 Å². The molecule has 0 aromatic heterocycles. The van der Waals surface area contributed by atoms with Gasteiger partial charge in [-0.05, 0) is 79.8 Å². The van der Waals surface area contributed by atoms with Crippen molar-refractivity contribution in [2.45, 2.75) is 261 Å². The van der Waals surface area contributed by atoms with Crippen LogP contribution < -0.4 is 5.11 Å². The van der Waals surface area contributed by atoms with E-state index in [0.29, 0.717) is 62.4 Å². The molecule has 3 rings (SSSR count). The Labute approximate surface area is 516 Å². The van der Waals surface area contributed by atoms with E-state index >= 15 is 0 Å². The SMILES string of the molecule is C=CCOCC(CC)(C[O-])COCC=C.CCCCCCCCCCCCc1ccccc1S(=O)(=O)[O-].CCCCCCCCCCCCc1ccccc1S(=O)(=O)[O-].CCCCCCCCCCCCc1ccccc1S(=O)(=O)[O-].[Ti+4]. The first kappa shape index (κ1) is 81.5. The quantitative estimate of drug-likeness (QED) is 0.0224. The Morgan fingerprint density at radius 2 is 0.610 bits per heavy atom. The van der Waals surface area contributed by atoms with Crippen LogP contribution in [0.25, 0.3) is 0 Å². The van der Waals surface area contributed by atoms with Gasteiger partial charge in [-0.1, -0.05) is 268 Å². The van der Waals surface area contributed by atoms with Crippen LogP contribution in [0.3, 0.4) is 0 Å². The van der Waals surface area contributed by atoms with Crippen molar-refractivity contribution >= 4 is 30.4 Å². The van der Waals surface area contributed by atoms with Gasteiger partial charge in [-0.15, -0.1) is 19.8 Å². The van der Waals surface area contributed by atoms with E-state index < -0.39 is 35.8 Å². The summed E-state index contributed by atoms with van der Waals surface area (Å²) >= 11 is 0. The second-order valence-corrected chi connectivity index (χ2v) is 25.6. The van der Waals surface area contributed by atoms with Crippen LogP contribution in [0.2, 0.25) is 0 Å². The van der Waals surface area contributed by atoms with E-state index in [1.165, 1.54) is 172 Å². The summed E-state index contributed by atoms with van der Waals surface area (Å²) in [6.07, 6.45) is 43.6. The second kappa shape index (κ2) is 52.8. The first-order valence-electron chi connectivity index (χ1n) is 31.0. The molecule has 12 nitrogen and oxygen atoms in total. The van der Waals surface area contributed by atoms with Gasteiger partial charge in [-0.25, -0.2) is 25.3 Å². The number of hydrogen-bond donors (Lipinski definition) is 0. The van der Waals surface area contributed by atoms with Crippen LogP contribution in [0.1, 0.15) is 243 Å². The maximum atomic E-state index is 11.2. The molecule has 0 amide bonds. The predicted octanol–water partition coefficient (Wildman–Crippen LogP) is 16.3. The van der Waals surface area contributed by atoms with Crippen molar-refractivity contribution in [3.05, 3.63) is 115 Å². The van der Waals surface area contributed by atoms with Gasteiger partial charge < -0.3 is 28.2 Å². The zero-order valence-corrected chi connectivity index (χ0v) is 55.2. The summed E-state index contributed by atoms with van der Waals surface area (Å²) in [4.78, 5) is -0.150. The minimum absolute atomic E-state index is 0. The Bertz CT molecular complexity index is 2100. The van der Waals surface area contributed by atoms with Crippen molar-refractivity contribution < 1.29 is 75.2 Å². The van der Waals surface area contributed by atoms with E-state index in [9.17, 15) is 44.0 Å². The number of aryl methyl sites for hydroxylation is 3. The third-order valence-corrected chi connectivity index (χ3v) is 17.3. The fourth-order valence-electron chi connectivity index (χ4n) is 9.42. The predicted molar refractivity (Wildman–Crippen MR) is 329 cm³/mol. The molecule has 3 aromatic rings. The Morgan fingerprint density at radius 1 is 0.390 bits per heavy atom. The van der Waals surface area contributed by atoms with E-state index in [0.717, 1.165) is 44.9 Å². The van der Waals surface area contributed by atoms with Crippen molar-refractivity contribution in [2.24, 2.45) is 5.41 Å². The summed E-state index contributed by atoms with van der Waals surface area (Å²) < 4.78 is 111. The largest absolute Gasteiger partial charge is 4.00 e. The number of hydrogen-bond acceptors (Lipinski definition) is 12. The molecular weight excluding hydrogens is 1130 g/mol. The van der Waals surface area contributed by atoms with Crippen LogP contribution in [0.5, 0.6) is 0 Å². The molecule has 16 heteroatoms. The van der Waals surface area contributed by atoms with Crippen LogP contribution in [-0.2, 0) is 80.8 Å². The molecule has 0 aliphatic rings. The van der Waals surface area contributed by atoms with Gasteiger partial charge in [0.1, 0.15) is 30.4 Å². The second-order valence-electron chi connectivity index (χ2n) is 21.6. The monoisotopic (exact) mass is 1240 g/mol. The van der Waals surface area contributed by atoms with Crippen LogP contribution in [0.4, 0.5) is 0 Å². The summed E-state index contributed by atoms with van der Waals surface area (Å²) in [6.45, 7) is 17.4. The van der Waals surface area contributed by atoms with Gasteiger partial charge >= 0.3 is 21.7 Å². The Balaban J connectivity index is 0. The van der Waals surface area contributed by atoms with Gasteiger partial charge in [0, 0.05) is 5.41 Å². The maximum absolute atomic E-state index is 11.2. The molecule has 0 aliphatic carbocycles. The third-order valence-electron chi connectivity index (χ3n) is 14.5. The van der Waals surface area contributed by atoms with Crippen molar-refractivity contribution in [1.82, 2.24) is 0 Å². The Kier molecular flexibility index (Phi) is 52.5. The average Bonchev–Trinajstić information content (AvgIpc) is 3.48. The molecule has 0 spiro atoms. The summed E-state index contributed by atoms with van der Waals surface area (Å²) in [7, 11) is -13.0. The fraction of sp³-hybridized carbons (Fsp3) is 0.667. The third kappa shape index (κ3) is 43.1. The van der Waals surface area contributed by atoms with Crippen LogP contribution in [-0.4, -0.2) is 71.9 Å². The first-order chi connectivity index (χ1) is 38.9. The number of rotatable bonds is 46. The molecule has 0 heterocycles. The molecule has 0 N–H and O–H groups in total. The molecule has 0 saturated carbocycles. The molecule has 82 heavy (non-hydrogen) atoms. The molecule has 0 atom stereocenters. The molecule has 3 aromatic carbocycles. The Morgan fingerprint density at radius 3 is 0.805 bits per heavy atom. The smallest absolute Gasteiger partial charge is 0.854 e. The molecule has 0 saturated heterocycles. The van der Waals surface area contributed by atoms with Crippen molar-refractivity contribution in [2.75, 3.05) is 33.0 Å². The minimum atomic E-state index is -4.35. The molecule has 466 valence electrons. The zero-order chi connectivity index (χ0) is 60.4. The van der Waals surface area contributed by atoms with Crippen LogP contribution in [0, 0.1) is 5.41 Å². The normalized spacial score (nSPS) is 11.5. The van der Waals surface area contributed by atoms with Crippen molar-refractivity contribution in [3.8, 4) is 0 Å². The van der Waals surface area contributed by atoms with E-state index in [1.807, 2.05) is 6.92 Å². The molecule has 0 radical (unpaired) electrons. The average molecular weight is 1240 g/mol. The molecule has 0 unspecified atom stereocenters. The van der Waals surface area contributed by atoms with E-state index in [4.69, 9.17) is 9.47 Å². The van der Waals surface area contributed by atoms with Crippen molar-refractivity contribution in [3.63, 3.8) is 0 Å². The van der Waals surface area contributed by atoms with Gasteiger partial charge in [0.2, 0.25) is 0 Å². The van der Waals surface area contributed by atoms with Gasteiger partial charge in [0.25, 0.3) is 0 Å².